The largest absolute Gasteiger partial charge is 0.327 e. The lowest BCUT2D eigenvalue weighted by molar-refractivity contribution is 0.664. The summed E-state index contributed by atoms with van der Waals surface area (Å²) in [6.07, 6.45) is 5.05. The molecule has 0 aliphatic carbocycles. The second-order valence-corrected chi connectivity index (χ2v) is 5.10. The molecule has 1 aromatic carbocycles. The lowest BCUT2D eigenvalue weighted by Crippen LogP contribution is -2.25. The lowest BCUT2D eigenvalue weighted by Gasteiger charge is -2.13. The summed E-state index contributed by atoms with van der Waals surface area (Å²) in [5, 5.41) is 1.40. The van der Waals surface area contributed by atoms with E-state index in [4.69, 9.17) is 28.9 Å². The third kappa shape index (κ3) is 3.70. The van der Waals surface area contributed by atoms with Crippen LogP contribution < -0.4 is 5.73 Å². The van der Waals surface area contributed by atoms with Gasteiger partial charge in [0.2, 0.25) is 0 Å². The first-order valence-electron chi connectivity index (χ1n) is 5.73. The average molecular weight is 281 g/mol. The van der Waals surface area contributed by atoms with Crippen molar-refractivity contribution in [3.63, 3.8) is 0 Å². The number of hydrogen-bond donors (Lipinski definition) is 1. The van der Waals surface area contributed by atoms with Crippen molar-refractivity contribution in [2.45, 2.75) is 18.9 Å². The van der Waals surface area contributed by atoms with E-state index in [-0.39, 0.29) is 6.04 Å². The van der Waals surface area contributed by atoms with Crippen molar-refractivity contribution in [1.29, 1.82) is 0 Å². The van der Waals surface area contributed by atoms with E-state index < -0.39 is 0 Å². The molecule has 0 saturated heterocycles. The van der Waals surface area contributed by atoms with Gasteiger partial charge >= 0.3 is 0 Å². The molecule has 1 aromatic heterocycles. The van der Waals surface area contributed by atoms with Crippen LogP contribution in [0.25, 0.3) is 0 Å². The third-order valence-corrected chi connectivity index (χ3v) is 3.34. The van der Waals surface area contributed by atoms with Gasteiger partial charge in [-0.05, 0) is 54.3 Å². The van der Waals surface area contributed by atoms with E-state index in [2.05, 4.69) is 4.98 Å². The highest BCUT2D eigenvalue weighted by atomic mass is 35.5. The van der Waals surface area contributed by atoms with Crippen LogP contribution in [0, 0.1) is 0 Å². The number of aromatic nitrogens is 1. The molecule has 18 heavy (non-hydrogen) atoms. The van der Waals surface area contributed by atoms with Gasteiger partial charge in [-0.25, -0.2) is 0 Å². The molecule has 2 N–H and O–H groups in total. The predicted molar refractivity (Wildman–Crippen MR) is 76.1 cm³/mol. The zero-order valence-corrected chi connectivity index (χ0v) is 11.3. The number of nitrogens with zero attached hydrogens (tertiary/aromatic N) is 1. The Kier molecular flexibility index (Phi) is 4.59. The fourth-order valence-electron chi connectivity index (χ4n) is 1.88. The Morgan fingerprint density at radius 1 is 1.06 bits per heavy atom. The van der Waals surface area contributed by atoms with Crippen molar-refractivity contribution in [2.24, 2.45) is 5.73 Å². The standard InChI is InChI=1S/C14H14Cl2N2/c15-12-1-2-14(16)11(8-12)9-13(17)7-10-3-5-18-6-4-10/h1-6,8,13H,7,9,17H2. The number of pyridine rings is 1. The first-order chi connectivity index (χ1) is 8.65. The van der Waals surface area contributed by atoms with Crippen molar-refractivity contribution < 1.29 is 0 Å². The second kappa shape index (κ2) is 6.19. The summed E-state index contributed by atoms with van der Waals surface area (Å²) in [7, 11) is 0. The topological polar surface area (TPSA) is 38.9 Å². The third-order valence-electron chi connectivity index (χ3n) is 2.74. The number of hydrogen-bond acceptors (Lipinski definition) is 2. The first-order valence-corrected chi connectivity index (χ1v) is 6.49. The zero-order chi connectivity index (χ0) is 13.0. The molecule has 0 radical (unpaired) electrons. The van der Waals surface area contributed by atoms with E-state index in [0.717, 1.165) is 12.0 Å². The molecule has 94 valence electrons. The van der Waals surface area contributed by atoms with Gasteiger partial charge < -0.3 is 5.73 Å². The molecule has 1 atom stereocenters. The van der Waals surface area contributed by atoms with Crippen molar-refractivity contribution in [2.75, 3.05) is 0 Å². The zero-order valence-electron chi connectivity index (χ0n) is 9.81. The average Bonchev–Trinajstić information content (AvgIpc) is 2.35. The van der Waals surface area contributed by atoms with Gasteiger partial charge in [0, 0.05) is 28.5 Å². The van der Waals surface area contributed by atoms with Crippen LogP contribution in [0.15, 0.2) is 42.7 Å². The van der Waals surface area contributed by atoms with Crippen LogP contribution in [0.4, 0.5) is 0 Å². The van der Waals surface area contributed by atoms with E-state index in [1.807, 2.05) is 18.2 Å². The Morgan fingerprint density at radius 2 is 1.78 bits per heavy atom. The van der Waals surface area contributed by atoms with Crippen LogP contribution in [0.5, 0.6) is 0 Å². The summed E-state index contributed by atoms with van der Waals surface area (Å²) in [6.45, 7) is 0. The molecule has 2 rings (SSSR count). The summed E-state index contributed by atoms with van der Waals surface area (Å²) in [5.41, 5.74) is 8.30. The van der Waals surface area contributed by atoms with E-state index in [1.54, 1.807) is 24.5 Å². The van der Waals surface area contributed by atoms with E-state index in [9.17, 15) is 0 Å². The fraction of sp³-hybridized carbons (Fsp3) is 0.214. The smallest absolute Gasteiger partial charge is 0.0439 e. The predicted octanol–water partition coefficient (Wildman–Crippen LogP) is 3.50. The number of benzene rings is 1. The highest BCUT2D eigenvalue weighted by Gasteiger charge is 2.09. The normalized spacial score (nSPS) is 12.4. The SMILES string of the molecule is NC(Cc1ccncc1)Cc1cc(Cl)ccc1Cl. The van der Waals surface area contributed by atoms with Gasteiger partial charge in [0.25, 0.3) is 0 Å². The Bertz CT molecular complexity index is 514. The van der Waals surface area contributed by atoms with Gasteiger partial charge in [0.15, 0.2) is 0 Å². The Balaban J connectivity index is 2.03. The minimum Gasteiger partial charge on any atom is -0.327 e. The monoisotopic (exact) mass is 280 g/mol. The van der Waals surface area contributed by atoms with Gasteiger partial charge in [-0.1, -0.05) is 23.2 Å². The fourth-order valence-corrected chi connectivity index (χ4v) is 2.27. The summed E-state index contributed by atoms with van der Waals surface area (Å²) in [6, 6.07) is 9.42. The lowest BCUT2D eigenvalue weighted by atomic mass is 10.0. The molecular formula is C14H14Cl2N2. The summed E-state index contributed by atoms with van der Waals surface area (Å²) >= 11 is 12.1. The van der Waals surface area contributed by atoms with E-state index in [1.165, 1.54) is 5.56 Å². The number of rotatable bonds is 4. The number of nitrogens with two attached hydrogens (primary N) is 1. The maximum absolute atomic E-state index is 6.13. The van der Waals surface area contributed by atoms with Gasteiger partial charge in [-0.3, -0.25) is 4.98 Å². The minimum absolute atomic E-state index is 0.0170. The van der Waals surface area contributed by atoms with Gasteiger partial charge in [0.1, 0.15) is 0 Å². The van der Waals surface area contributed by atoms with E-state index >= 15 is 0 Å². The quantitative estimate of drug-likeness (QED) is 0.931. The molecule has 0 fully saturated rings. The molecule has 0 saturated carbocycles. The van der Waals surface area contributed by atoms with E-state index in [0.29, 0.717) is 16.5 Å². The molecule has 2 nitrogen and oxygen atoms in total. The van der Waals surface area contributed by atoms with Gasteiger partial charge in [0.05, 0.1) is 0 Å². The van der Waals surface area contributed by atoms with Crippen LogP contribution in [0.1, 0.15) is 11.1 Å². The molecule has 1 unspecified atom stereocenters. The van der Waals surface area contributed by atoms with Crippen LogP contribution >= 0.6 is 23.2 Å². The van der Waals surface area contributed by atoms with Crippen molar-refractivity contribution >= 4 is 23.2 Å². The summed E-state index contributed by atoms with van der Waals surface area (Å²) in [4.78, 5) is 3.98. The Morgan fingerprint density at radius 3 is 2.50 bits per heavy atom. The molecule has 0 amide bonds. The highest BCUT2D eigenvalue weighted by molar-refractivity contribution is 6.33. The highest BCUT2D eigenvalue weighted by Crippen LogP contribution is 2.22. The van der Waals surface area contributed by atoms with Crippen molar-refractivity contribution in [3.05, 3.63) is 63.9 Å². The molecule has 0 aliphatic heterocycles. The van der Waals surface area contributed by atoms with Crippen molar-refractivity contribution in [1.82, 2.24) is 4.98 Å². The first kappa shape index (κ1) is 13.3. The summed E-state index contributed by atoms with van der Waals surface area (Å²) < 4.78 is 0. The van der Waals surface area contributed by atoms with Crippen LogP contribution in [-0.2, 0) is 12.8 Å². The molecule has 0 bridgehead atoms. The van der Waals surface area contributed by atoms with Gasteiger partial charge in [-0.2, -0.15) is 0 Å². The number of halogens is 2. The molecule has 2 aromatic rings. The van der Waals surface area contributed by atoms with Crippen LogP contribution in [-0.4, -0.2) is 11.0 Å². The molecule has 4 heteroatoms. The molecule has 1 heterocycles. The maximum Gasteiger partial charge on any atom is 0.0439 e. The van der Waals surface area contributed by atoms with Gasteiger partial charge in [-0.15, -0.1) is 0 Å². The maximum atomic E-state index is 6.13. The van der Waals surface area contributed by atoms with Crippen LogP contribution in [0.2, 0.25) is 10.0 Å². The second-order valence-electron chi connectivity index (χ2n) is 4.26. The molecule has 0 aliphatic rings. The minimum atomic E-state index is 0.0170. The summed E-state index contributed by atoms with van der Waals surface area (Å²) in [5.74, 6) is 0. The van der Waals surface area contributed by atoms with Crippen LogP contribution in [0.3, 0.4) is 0 Å². The molecule has 0 spiro atoms. The Hall–Kier alpha value is -1.09. The van der Waals surface area contributed by atoms with Crippen molar-refractivity contribution in [3.8, 4) is 0 Å². The Labute approximate surface area is 117 Å². The molecular weight excluding hydrogens is 267 g/mol.